The summed E-state index contributed by atoms with van der Waals surface area (Å²) in [7, 11) is 0. The second-order valence-corrected chi connectivity index (χ2v) is 4.18. The van der Waals surface area contributed by atoms with E-state index in [0.29, 0.717) is 12.6 Å². The van der Waals surface area contributed by atoms with E-state index >= 15 is 0 Å². The predicted molar refractivity (Wildman–Crippen MR) is 59.2 cm³/mol. The summed E-state index contributed by atoms with van der Waals surface area (Å²) in [6.07, 6.45) is 0. The quantitative estimate of drug-likeness (QED) is 0.765. The van der Waals surface area contributed by atoms with Gasteiger partial charge in [-0.3, -0.25) is 0 Å². The highest BCUT2D eigenvalue weighted by molar-refractivity contribution is 5.21. The lowest BCUT2D eigenvalue weighted by molar-refractivity contribution is 0.0549. The van der Waals surface area contributed by atoms with Crippen LogP contribution in [0.2, 0.25) is 0 Å². The molecule has 0 aliphatic rings. The van der Waals surface area contributed by atoms with Crippen molar-refractivity contribution in [2.45, 2.75) is 32.4 Å². The maximum atomic E-state index is 10.2. The smallest absolute Gasteiger partial charge is 0.0992 e. The molecule has 1 aromatic carbocycles. The van der Waals surface area contributed by atoms with Crippen molar-refractivity contribution in [1.29, 1.82) is 0 Å². The zero-order chi connectivity index (χ0) is 10.6. The Labute approximate surface area is 86.0 Å². The van der Waals surface area contributed by atoms with Crippen LogP contribution in [0.5, 0.6) is 0 Å². The topological polar surface area (TPSA) is 32.3 Å². The number of rotatable bonds is 4. The van der Waals surface area contributed by atoms with Gasteiger partial charge in [0.1, 0.15) is 0 Å². The highest BCUT2D eigenvalue weighted by atomic mass is 16.3. The van der Waals surface area contributed by atoms with Gasteiger partial charge in [-0.25, -0.2) is 0 Å². The lowest BCUT2D eigenvalue weighted by Gasteiger charge is -2.25. The minimum atomic E-state index is -0.786. The third kappa shape index (κ3) is 3.13. The number of hydrogen-bond acceptors (Lipinski definition) is 2. The van der Waals surface area contributed by atoms with Crippen molar-refractivity contribution in [2.75, 3.05) is 6.54 Å². The molecule has 0 aromatic heterocycles. The molecule has 0 fully saturated rings. The third-order valence-corrected chi connectivity index (χ3v) is 2.25. The van der Waals surface area contributed by atoms with E-state index < -0.39 is 5.60 Å². The highest BCUT2D eigenvalue weighted by Gasteiger charge is 2.22. The van der Waals surface area contributed by atoms with E-state index in [2.05, 4.69) is 19.2 Å². The van der Waals surface area contributed by atoms with Gasteiger partial charge in [0.25, 0.3) is 0 Å². The second kappa shape index (κ2) is 4.58. The molecular formula is C12H19NO. The lowest BCUT2D eigenvalue weighted by Crippen LogP contribution is -2.38. The van der Waals surface area contributed by atoms with Gasteiger partial charge in [0.05, 0.1) is 5.60 Å². The Morgan fingerprint density at radius 3 is 2.36 bits per heavy atom. The Morgan fingerprint density at radius 1 is 1.29 bits per heavy atom. The molecule has 0 amide bonds. The molecule has 0 saturated carbocycles. The molecule has 1 unspecified atom stereocenters. The summed E-state index contributed by atoms with van der Waals surface area (Å²) in [6.45, 7) is 6.55. The Morgan fingerprint density at radius 2 is 1.86 bits per heavy atom. The van der Waals surface area contributed by atoms with Crippen molar-refractivity contribution in [3.63, 3.8) is 0 Å². The van der Waals surface area contributed by atoms with E-state index in [-0.39, 0.29) is 0 Å². The Kier molecular flexibility index (Phi) is 3.67. The summed E-state index contributed by atoms with van der Waals surface area (Å²) in [4.78, 5) is 0. The molecule has 14 heavy (non-hydrogen) atoms. The number of hydrogen-bond donors (Lipinski definition) is 2. The monoisotopic (exact) mass is 193 g/mol. The van der Waals surface area contributed by atoms with Crippen LogP contribution in [0.4, 0.5) is 0 Å². The molecule has 0 spiro atoms. The van der Waals surface area contributed by atoms with Crippen molar-refractivity contribution in [2.24, 2.45) is 0 Å². The molecule has 0 radical (unpaired) electrons. The number of benzene rings is 1. The summed E-state index contributed by atoms with van der Waals surface area (Å²) in [5, 5.41) is 13.4. The first kappa shape index (κ1) is 11.2. The molecule has 1 rings (SSSR count). The van der Waals surface area contributed by atoms with Crippen molar-refractivity contribution in [3.05, 3.63) is 35.9 Å². The van der Waals surface area contributed by atoms with Crippen LogP contribution in [0.1, 0.15) is 26.3 Å². The van der Waals surface area contributed by atoms with Crippen LogP contribution in [-0.4, -0.2) is 17.7 Å². The number of nitrogens with one attached hydrogen (secondary N) is 1. The van der Waals surface area contributed by atoms with Gasteiger partial charge in [-0.15, -0.1) is 0 Å². The largest absolute Gasteiger partial charge is 0.384 e. The van der Waals surface area contributed by atoms with Crippen molar-refractivity contribution in [1.82, 2.24) is 5.32 Å². The Balaban J connectivity index is 2.66. The van der Waals surface area contributed by atoms with Crippen LogP contribution in [-0.2, 0) is 5.60 Å². The van der Waals surface area contributed by atoms with Crippen LogP contribution in [0, 0.1) is 0 Å². The van der Waals surface area contributed by atoms with Crippen molar-refractivity contribution < 1.29 is 5.11 Å². The van der Waals surface area contributed by atoms with E-state index in [1.807, 2.05) is 37.3 Å². The van der Waals surface area contributed by atoms with Crippen LogP contribution in [0.3, 0.4) is 0 Å². The highest BCUT2D eigenvalue weighted by Crippen LogP contribution is 2.18. The normalized spacial score (nSPS) is 15.5. The maximum absolute atomic E-state index is 10.2. The van der Waals surface area contributed by atoms with E-state index in [4.69, 9.17) is 0 Å². The van der Waals surface area contributed by atoms with Crippen LogP contribution >= 0.6 is 0 Å². The van der Waals surface area contributed by atoms with Gasteiger partial charge in [-0.05, 0) is 12.5 Å². The molecule has 78 valence electrons. The van der Waals surface area contributed by atoms with E-state index in [1.54, 1.807) is 0 Å². The standard InChI is InChI=1S/C12H19NO/c1-10(2)13-9-12(3,14)11-7-5-4-6-8-11/h4-8,10,13-14H,9H2,1-3H3. The SMILES string of the molecule is CC(C)NCC(C)(O)c1ccccc1. The zero-order valence-corrected chi connectivity index (χ0v) is 9.12. The van der Waals surface area contributed by atoms with E-state index in [0.717, 1.165) is 5.56 Å². The fraction of sp³-hybridized carbons (Fsp3) is 0.500. The van der Waals surface area contributed by atoms with Crippen molar-refractivity contribution in [3.8, 4) is 0 Å². The average Bonchev–Trinajstić information content (AvgIpc) is 2.16. The van der Waals surface area contributed by atoms with Gasteiger partial charge in [-0.2, -0.15) is 0 Å². The molecule has 0 aliphatic carbocycles. The van der Waals surface area contributed by atoms with Crippen LogP contribution < -0.4 is 5.32 Å². The molecule has 0 saturated heterocycles. The predicted octanol–water partition coefficient (Wildman–Crippen LogP) is 1.89. The second-order valence-electron chi connectivity index (χ2n) is 4.18. The fourth-order valence-corrected chi connectivity index (χ4v) is 1.30. The van der Waals surface area contributed by atoms with E-state index in [9.17, 15) is 5.11 Å². The molecule has 0 aliphatic heterocycles. The third-order valence-electron chi connectivity index (χ3n) is 2.25. The maximum Gasteiger partial charge on any atom is 0.0992 e. The summed E-state index contributed by atoms with van der Waals surface area (Å²) in [6, 6.07) is 10.1. The summed E-state index contributed by atoms with van der Waals surface area (Å²) >= 11 is 0. The zero-order valence-electron chi connectivity index (χ0n) is 9.12. The van der Waals surface area contributed by atoms with Gasteiger partial charge in [0, 0.05) is 12.6 Å². The molecule has 2 nitrogen and oxygen atoms in total. The summed E-state index contributed by atoms with van der Waals surface area (Å²) in [5.41, 5.74) is 0.166. The first-order chi connectivity index (χ1) is 6.52. The molecule has 2 heteroatoms. The molecule has 0 bridgehead atoms. The minimum absolute atomic E-state index is 0.394. The Hall–Kier alpha value is -0.860. The van der Waals surface area contributed by atoms with Crippen LogP contribution in [0.25, 0.3) is 0 Å². The van der Waals surface area contributed by atoms with Gasteiger partial charge in [0.2, 0.25) is 0 Å². The van der Waals surface area contributed by atoms with Gasteiger partial charge < -0.3 is 10.4 Å². The first-order valence-corrected chi connectivity index (χ1v) is 5.03. The molecule has 1 aromatic rings. The number of aliphatic hydroxyl groups is 1. The molecule has 1 atom stereocenters. The Bertz CT molecular complexity index is 267. The average molecular weight is 193 g/mol. The van der Waals surface area contributed by atoms with E-state index in [1.165, 1.54) is 0 Å². The molecule has 2 N–H and O–H groups in total. The van der Waals surface area contributed by atoms with Gasteiger partial charge in [0.15, 0.2) is 0 Å². The first-order valence-electron chi connectivity index (χ1n) is 5.03. The minimum Gasteiger partial charge on any atom is -0.384 e. The van der Waals surface area contributed by atoms with Crippen LogP contribution in [0.15, 0.2) is 30.3 Å². The fourth-order valence-electron chi connectivity index (χ4n) is 1.30. The van der Waals surface area contributed by atoms with Crippen molar-refractivity contribution >= 4 is 0 Å². The summed E-state index contributed by atoms with van der Waals surface area (Å²) in [5.74, 6) is 0. The summed E-state index contributed by atoms with van der Waals surface area (Å²) < 4.78 is 0. The van der Waals surface area contributed by atoms with Gasteiger partial charge >= 0.3 is 0 Å². The molecule has 0 heterocycles. The molecular weight excluding hydrogens is 174 g/mol. The van der Waals surface area contributed by atoms with Gasteiger partial charge in [-0.1, -0.05) is 44.2 Å². The lowest BCUT2D eigenvalue weighted by atomic mass is 9.96.